The van der Waals surface area contributed by atoms with Crippen LogP contribution in [0.3, 0.4) is 0 Å². The van der Waals surface area contributed by atoms with Crippen molar-refractivity contribution in [1.29, 1.82) is 0 Å². The largest absolute Gasteiger partial charge is 0.496 e. The van der Waals surface area contributed by atoms with Gasteiger partial charge in [-0.15, -0.1) is 0 Å². The molecule has 0 unspecified atom stereocenters. The fraction of sp³-hybridized carbons (Fsp3) is 0.360. The summed E-state index contributed by atoms with van der Waals surface area (Å²) in [5, 5.41) is 0. The normalized spacial score (nSPS) is 14.5. The molecule has 1 aliphatic heterocycles. The third-order valence-corrected chi connectivity index (χ3v) is 5.46. The molecule has 0 amide bonds. The zero-order valence-corrected chi connectivity index (χ0v) is 19.6. The number of rotatable bonds is 11. The molecule has 2 aromatic carbocycles. The highest BCUT2D eigenvalue weighted by Crippen LogP contribution is 2.28. The van der Waals surface area contributed by atoms with Crippen molar-refractivity contribution in [2.45, 2.75) is 45.4 Å². The molecule has 0 bridgehead atoms. The van der Waals surface area contributed by atoms with Crippen LogP contribution in [0.25, 0.3) is 6.08 Å². The van der Waals surface area contributed by atoms with Crippen molar-refractivity contribution in [2.24, 2.45) is 4.99 Å². The molecule has 164 valence electrons. The number of unbranched alkanes of at least 4 members (excludes halogenated alkanes) is 5. The number of cyclic esters (lactones) is 1. The van der Waals surface area contributed by atoms with Crippen LogP contribution in [0.5, 0.6) is 11.5 Å². The van der Waals surface area contributed by atoms with Crippen molar-refractivity contribution in [3.63, 3.8) is 0 Å². The molecule has 0 aliphatic carbocycles. The van der Waals surface area contributed by atoms with Crippen molar-refractivity contribution in [1.82, 2.24) is 0 Å². The van der Waals surface area contributed by atoms with Gasteiger partial charge in [0.25, 0.3) is 0 Å². The summed E-state index contributed by atoms with van der Waals surface area (Å²) >= 11 is 3.42. The number of hydrogen-bond acceptors (Lipinski definition) is 5. The van der Waals surface area contributed by atoms with E-state index in [1.807, 2.05) is 36.4 Å². The average Bonchev–Trinajstić information content (AvgIpc) is 3.14. The molecule has 0 saturated carbocycles. The fourth-order valence-electron chi connectivity index (χ4n) is 3.26. The van der Waals surface area contributed by atoms with Crippen LogP contribution in [0, 0.1) is 0 Å². The summed E-state index contributed by atoms with van der Waals surface area (Å²) < 4.78 is 17.4. The van der Waals surface area contributed by atoms with Crippen LogP contribution < -0.4 is 9.47 Å². The molecular weight excluding hydrogens is 458 g/mol. The van der Waals surface area contributed by atoms with E-state index in [9.17, 15) is 4.79 Å². The highest BCUT2D eigenvalue weighted by atomic mass is 79.9. The van der Waals surface area contributed by atoms with E-state index >= 15 is 0 Å². The van der Waals surface area contributed by atoms with Crippen molar-refractivity contribution in [3.8, 4) is 11.5 Å². The lowest BCUT2D eigenvalue weighted by molar-refractivity contribution is -0.129. The Bertz CT molecular complexity index is 950. The van der Waals surface area contributed by atoms with Gasteiger partial charge in [0.15, 0.2) is 5.70 Å². The number of carbonyl (C=O) groups excluding carboxylic acids is 1. The monoisotopic (exact) mass is 485 g/mol. The first kappa shape index (κ1) is 23.1. The first-order valence-electron chi connectivity index (χ1n) is 10.7. The minimum Gasteiger partial charge on any atom is -0.496 e. The van der Waals surface area contributed by atoms with Gasteiger partial charge in [-0.25, -0.2) is 9.79 Å². The van der Waals surface area contributed by atoms with Crippen LogP contribution >= 0.6 is 15.9 Å². The Labute approximate surface area is 192 Å². The highest BCUT2D eigenvalue weighted by molar-refractivity contribution is 9.10. The van der Waals surface area contributed by atoms with Crippen molar-refractivity contribution in [3.05, 3.63) is 63.8 Å². The summed E-state index contributed by atoms with van der Waals surface area (Å²) in [4.78, 5) is 16.7. The second kappa shape index (κ2) is 11.7. The number of hydrogen-bond donors (Lipinski definition) is 0. The Balaban J connectivity index is 1.60. The first-order valence-corrected chi connectivity index (χ1v) is 11.5. The van der Waals surface area contributed by atoms with Gasteiger partial charge in [0.1, 0.15) is 11.5 Å². The molecule has 0 atom stereocenters. The van der Waals surface area contributed by atoms with E-state index in [1.165, 1.54) is 32.1 Å². The standard InChI is InChI=1S/C25H28BrNO4/c1-3-4-5-6-7-8-15-30-20-12-9-18(10-13-20)16-22-25(28)31-24(27-22)21-17-19(26)11-14-23(21)29-2/h9-14,16-17H,3-8,15H2,1-2H3/b22-16-. The maximum Gasteiger partial charge on any atom is 0.363 e. The van der Waals surface area contributed by atoms with E-state index in [2.05, 4.69) is 27.8 Å². The van der Waals surface area contributed by atoms with Gasteiger partial charge in [0, 0.05) is 4.47 Å². The minimum absolute atomic E-state index is 0.230. The molecule has 1 heterocycles. The van der Waals surface area contributed by atoms with E-state index in [0.717, 1.165) is 28.8 Å². The number of nitrogens with zero attached hydrogens (tertiary/aromatic N) is 1. The maximum absolute atomic E-state index is 12.3. The van der Waals surface area contributed by atoms with E-state index in [-0.39, 0.29) is 11.6 Å². The molecule has 3 rings (SSSR count). The Morgan fingerprint density at radius 3 is 2.52 bits per heavy atom. The maximum atomic E-state index is 12.3. The van der Waals surface area contributed by atoms with E-state index in [1.54, 1.807) is 19.3 Å². The second-order valence-electron chi connectivity index (χ2n) is 7.37. The summed E-state index contributed by atoms with van der Waals surface area (Å²) in [7, 11) is 1.57. The predicted octanol–water partition coefficient (Wildman–Crippen LogP) is 6.54. The summed E-state index contributed by atoms with van der Waals surface area (Å²) in [5.74, 6) is 1.16. The van der Waals surface area contributed by atoms with Crippen LogP contribution in [0.1, 0.15) is 56.6 Å². The summed E-state index contributed by atoms with van der Waals surface area (Å²) in [6.07, 6.45) is 9.13. The number of ether oxygens (including phenoxy) is 3. The van der Waals surface area contributed by atoms with Crippen molar-refractivity contribution < 1.29 is 19.0 Å². The molecule has 0 saturated heterocycles. The fourth-order valence-corrected chi connectivity index (χ4v) is 3.62. The molecule has 0 aromatic heterocycles. The molecule has 6 heteroatoms. The van der Waals surface area contributed by atoms with Gasteiger partial charge in [-0.1, -0.05) is 67.1 Å². The average molecular weight is 486 g/mol. The molecule has 0 N–H and O–H groups in total. The zero-order chi connectivity index (χ0) is 22.1. The Kier molecular flexibility index (Phi) is 8.71. The predicted molar refractivity (Wildman–Crippen MR) is 127 cm³/mol. The van der Waals surface area contributed by atoms with Crippen LogP contribution in [-0.4, -0.2) is 25.6 Å². The summed E-state index contributed by atoms with van der Waals surface area (Å²) in [6, 6.07) is 13.1. The lowest BCUT2D eigenvalue weighted by Crippen LogP contribution is -2.07. The van der Waals surface area contributed by atoms with Gasteiger partial charge in [0.05, 0.1) is 19.3 Å². The third kappa shape index (κ3) is 6.69. The van der Waals surface area contributed by atoms with Gasteiger partial charge in [0.2, 0.25) is 5.90 Å². The molecule has 1 aliphatic rings. The van der Waals surface area contributed by atoms with Crippen LogP contribution in [0.15, 0.2) is 57.6 Å². The highest BCUT2D eigenvalue weighted by Gasteiger charge is 2.26. The molecule has 0 radical (unpaired) electrons. The number of aliphatic imine (C=N–C) groups is 1. The Morgan fingerprint density at radius 2 is 1.77 bits per heavy atom. The topological polar surface area (TPSA) is 57.1 Å². The Hall–Kier alpha value is -2.60. The summed E-state index contributed by atoms with van der Waals surface area (Å²) in [6.45, 7) is 2.95. The van der Waals surface area contributed by atoms with E-state index in [0.29, 0.717) is 11.3 Å². The van der Waals surface area contributed by atoms with Crippen LogP contribution in [0.2, 0.25) is 0 Å². The number of halogens is 1. The SMILES string of the molecule is CCCCCCCCOc1ccc(/C=C2\N=C(c3cc(Br)ccc3OC)OC2=O)cc1. The number of methoxy groups -OCH3 is 1. The van der Waals surface area contributed by atoms with Gasteiger partial charge in [-0.3, -0.25) is 0 Å². The second-order valence-corrected chi connectivity index (χ2v) is 8.28. The summed E-state index contributed by atoms with van der Waals surface area (Å²) in [5.41, 5.74) is 1.72. The number of carbonyl (C=O) groups is 1. The van der Waals surface area contributed by atoms with Gasteiger partial charge < -0.3 is 14.2 Å². The van der Waals surface area contributed by atoms with E-state index < -0.39 is 5.97 Å². The first-order chi connectivity index (χ1) is 15.1. The molecule has 0 fully saturated rings. The zero-order valence-electron chi connectivity index (χ0n) is 18.0. The van der Waals surface area contributed by atoms with Gasteiger partial charge in [-0.2, -0.15) is 0 Å². The molecule has 2 aromatic rings. The Morgan fingerprint density at radius 1 is 1.03 bits per heavy atom. The minimum atomic E-state index is -0.486. The number of benzene rings is 2. The third-order valence-electron chi connectivity index (χ3n) is 4.96. The van der Waals surface area contributed by atoms with Crippen molar-refractivity contribution >= 4 is 33.9 Å². The van der Waals surface area contributed by atoms with Gasteiger partial charge >= 0.3 is 5.97 Å². The molecule has 0 spiro atoms. The van der Waals surface area contributed by atoms with E-state index in [4.69, 9.17) is 14.2 Å². The quantitative estimate of drug-likeness (QED) is 0.206. The van der Waals surface area contributed by atoms with Crippen molar-refractivity contribution in [2.75, 3.05) is 13.7 Å². The van der Waals surface area contributed by atoms with Gasteiger partial charge in [-0.05, 0) is 48.4 Å². The molecule has 5 nitrogen and oxygen atoms in total. The van der Waals surface area contributed by atoms with Crippen LogP contribution in [-0.2, 0) is 9.53 Å². The molecule has 31 heavy (non-hydrogen) atoms. The smallest absolute Gasteiger partial charge is 0.363 e. The number of esters is 1. The molecular formula is C25H28BrNO4. The van der Waals surface area contributed by atoms with Crippen LogP contribution in [0.4, 0.5) is 0 Å². The lowest BCUT2D eigenvalue weighted by atomic mass is 10.1. The lowest BCUT2D eigenvalue weighted by Gasteiger charge is -2.07.